The summed E-state index contributed by atoms with van der Waals surface area (Å²) in [6.45, 7) is 1.79. The maximum atomic E-state index is 13.6. The molecule has 1 atom stereocenters. The average Bonchev–Trinajstić information content (AvgIpc) is 2.94. The van der Waals surface area contributed by atoms with Crippen LogP contribution in [-0.2, 0) is 16.4 Å². The number of hydrogen-bond acceptors (Lipinski definition) is 4. The molecule has 0 radical (unpaired) electrons. The summed E-state index contributed by atoms with van der Waals surface area (Å²) in [6.07, 6.45) is 1.61. The fourth-order valence-electron chi connectivity index (χ4n) is 3.15. The second kappa shape index (κ2) is 6.99. The number of carbonyl (C=O) groups excluding carboxylic acids is 2. The van der Waals surface area contributed by atoms with E-state index in [1.54, 1.807) is 19.1 Å². The molecular formula is C18H18FN3O4S. The molecule has 2 amide bonds. The van der Waals surface area contributed by atoms with Crippen LogP contribution in [-0.4, -0.2) is 32.5 Å². The van der Waals surface area contributed by atoms with Crippen molar-refractivity contribution in [1.82, 2.24) is 10.9 Å². The van der Waals surface area contributed by atoms with Crippen molar-refractivity contribution >= 4 is 27.5 Å². The second-order valence-corrected chi connectivity index (χ2v) is 8.20. The largest absolute Gasteiger partial charge is 0.272 e. The molecule has 1 aliphatic rings. The van der Waals surface area contributed by atoms with Crippen LogP contribution in [0.5, 0.6) is 0 Å². The van der Waals surface area contributed by atoms with Gasteiger partial charge in [-0.05, 0) is 49.2 Å². The number of hydrazine groups is 1. The third-order valence-electron chi connectivity index (χ3n) is 4.26. The molecule has 0 aliphatic carbocycles. The number of fused-ring (bicyclic) bond motifs is 1. The van der Waals surface area contributed by atoms with Crippen molar-refractivity contribution in [2.45, 2.75) is 19.4 Å². The lowest BCUT2D eigenvalue weighted by molar-refractivity contribution is 0.0844. The monoisotopic (exact) mass is 391 g/mol. The number of hydrogen-bond donors (Lipinski definition) is 2. The van der Waals surface area contributed by atoms with E-state index in [-0.39, 0.29) is 17.2 Å². The summed E-state index contributed by atoms with van der Waals surface area (Å²) in [4.78, 5) is 24.2. The van der Waals surface area contributed by atoms with Gasteiger partial charge in [0, 0.05) is 11.6 Å². The van der Waals surface area contributed by atoms with Crippen LogP contribution in [0.4, 0.5) is 10.1 Å². The highest BCUT2D eigenvalue weighted by molar-refractivity contribution is 7.92. The van der Waals surface area contributed by atoms with E-state index in [2.05, 4.69) is 10.9 Å². The smallest absolute Gasteiger partial charge is 0.267 e. The Hall–Kier alpha value is -2.94. The summed E-state index contributed by atoms with van der Waals surface area (Å²) >= 11 is 0. The van der Waals surface area contributed by atoms with Gasteiger partial charge >= 0.3 is 0 Å². The van der Waals surface area contributed by atoms with E-state index in [9.17, 15) is 22.4 Å². The molecule has 1 aliphatic heterocycles. The third-order valence-corrected chi connectivity index (χ3v) is 5.53. The highest BCUT2D eigenvalue weighted by Gasteiger charge is 2.32. The van der Waals surface area contributed by atoms with E-state index < -0.39 is 27.7 Å². The Kier molecular flexibility index (Phi) is 4.88. The molecule has 7 nitrogen and oxygen atoms in total. The zero-order chi connectivity index (χ0) is 19.8. The molecule has 3 rings (SSSR count). The number of benzene rings is 2. The summed E-state index contributed by atoms with van der Waals surface area (Å²) in [6, 6.07) is 9.79. The molecule has 1 heterocycles. The zero-order valence-corrected chi connectivity index (χ0v) is 15.5. The first kappa shape index (κ1) is 18.8. The lowest BCUT2D eigenvalue weighted by atomic mass is 10.1. The molecule has 2 N–H and O–H groups in total. The lowest BCUT2D eigenvalue weighted by Gasteiger charge is -2.21. The van der Waals surface area contributed by atoms with Crippen LogP contribution in [0, 0.1) is 5.82 Å². The van der Waals surface area contributed by atoms with Gasteiger partial charge in [0.15, 0.2) is 0 Å². The predicted molar refractivity (Wildman–Crippen MR) is 98.3 cm³/mol. The molecule has 0 fully saturated rings. The van der Waals surface area contributed by atoms with Crippen LogP contribution in [0.15, 0.2) is 42.5 Å². The molecule has 0 aromatic heterocycles. The second-order valence-electron chi connectivity index (χ2n) is 6.34. The molecule has 0 unspecified atom stereocenters. The van der Waals surface area contributed by atoms with Gasteiger partial charge in [0.25, 0.3) is 11.8 Å². The minimum absolute atomic E-state index is 0.190. The number of nitrogens with zero attached hydrogens (tertiary/aromatic N) is 1. The number of sulfonamides is 1. The van der Waals surface area contributed by atoms with E-state index in [0.29, 0.717) is 12.1 Å². The molecule has 9 heteroatoms. The quantitative estimate of drug-likeness (QED) is 0.777. The van der Waals surface area contributed by atoms with Crippen molar-refractivity contribution in [3.63, 3.8) is 0 Å². The van der Waals surface area contributed by atoms with E-state index in [1.807, 2.05) is 0 Å². The van der Waals surface area contributed by atoms with Gasteiger partial charge in [0.05, 0.1) is 17.5 Å². The Bertz CT molecular complexity index is 1020. The minimum atomic E-state index is -3.41. The standard InChI is InChI=1S/C18H18FN3O4S/c1-11-9-13-10-12(7-8-16(13)22(11)27(2,25)26)17(23)20-21-18(24)14-5-3-4-6-15(14)19/h3-8,10-11H,9H2,1-2H3,(H,20,23)(H,21,24)/t11-/m1/s1. The lowest BCUT2D eigenvalue weighted by Crippen LogP contribution is -2.42. The maximum absolute atomic E-state index is 13.6. The van der Waals surface area contributed by atoms with Crippen molar-refractivity contribution in [2.24, 2.45) is 0 Å². The van der Waals surface area contributed by atoms with Crippen molar-refractivity contribution in [3.8, 4) is 0 Å². The molecule has 0 spiro atoms. The van der Waals surface area contributed by atoms with Crippen LogP contribution >= 0.6 is 0 Å². The van der Waals surface area contributed by atoms with Crippen LogP contribution in [0.3, 0.4) is 0 Å². The highest BCUT2D eigenvalue weighted by atomic mass is 32.2. The molecule has 2 aromatic carbocycles. The van der Waals surface area contributed by atoms with Gasteiger partial charge in [-0.1, -0.05) is 12.1 Å². The topological polar surface area (TPSA) is 95.6 Å². The summed E-state index contributed by atoms with van der Waals surface area (Å²) in [5.74, 6) is -2.07. The van der Waals surface area contributed by atoms with Crippen molar-refractivity contribution < 1.29 is 22.4 Å². The summed E-state index contributed by atoms with van der Waals surface area (Å²) in [7, 11) is -3.41. The van der Waals surface area contributed by atoms with E-state index in [4.69, 9.17) is 0 Å². The number of anilines is 1. The van der Waals surface area contributed by atoms with Gasteiger partial charge < -0.3 is 0 Å². The van der Waals surface area contributed by atoms with Crippen molar-refractivity contribution in [2.75, 3.05) is 10.6 Å². The molecule has 2 aromatic rings. The van der Waals surface area contributed by atoms with Gasteiger partial charge in [0.1, 0.15) is 5.82 Å². The van der Waals surface area contributed by atoms with Crippen LogP contribution < -0.4 is 15.2 Å². The average molecular weight is 391 g/mol. The minimum Gasteiger partial charge on any atom is -0.267 e. The van der Waals surface area contributed by atoms with Crippen LogP contribution in [0.25, 0.3) is 0 Å². The Morgan fingerprint density at radius 3 is 2.44 bits per heavy atom. The van der Waals surface area contributed by atoms with Gasteiger partial charge in [-0.3, -0.25) is 24.7 Å². The fourth-order valence-corrected chi connectivity index (χ4v) is 4.41. The molecule has 0 saturated carbocycles. The van der Waals surface area contributed by atoms with Gasteiger partial charge in [0.2, 0.25) is 10.0 Å². The normalized spacial score (nSPS) is 16.0. The first-order chi connectivity index (χ1) is 12.7. The van der Waals surface area contributed by atoms with Crippen LogP contribution in [0.1, 0.15) is 33.2 Å². The van der Waals surface area contributed by atoms with Crippen LogP contribution in [0.2, 0.25) is 0 Å². The number of rotatable bonds is 3. The summed E-state index contributed by atoms with van der Waals surface area (Å²) < 4.78 is 38.8. The molecular weight excluding hydrogens is 373 g/mol. The van der Waals surface area contributed by atoms with E-state index >= 15 is 0 Å². The molecule has 0 bridgehead atoms. The Labute approximate surface area is 156 Å². The first-order valence-corrected chi connectivity index (χ1v) is 10.0. The van der Waals surface area contributed by atoms with Gasteiger partial charge in [-0.2, -0.15) is 0 Å². The molecule has 0 saturated heterocycles. The summed E-state index contributed by atoms with van der Waals surface area (Å²) in [5.41, 5.74) is 5.72. The Balaban J connectivity index is 1.73. The Morgan fingerprint density at radius 1 is 1.11 bits per heavy atom. The summed E-state index contributed by atoms with van der Waals surface area (Å²) in [5, 5.41) is 0. The van der Waals surface area contributed by atoms with Crippen molar-refractivity contribution in [3.05, 3.63) is 65.0 Å². The Morgan fingerprint density at radius 2 is 1.78 bits per heavy atom. The van der Waals surface area contributed by atoms with Crippen molar-refractivity contribution in [1.29, 1.82) is 0 Å². The van der Waals surface area contributed by atoms with Gasteiger partial charge in [-0.25, -0.2) is 12.8 Å². The maximum Gasteiger partial charge on any atom is 0.272 e. The number of carbonyl (C=O) groups is 2. The fraction of sp³-hybridized carbons (Fsp3) is 0.222. The van der Waals surface area contributed by atoms with E-state index in [0.717, 1.165) is 17.9 Å². The highest BCUT2D eigenvalue weighted by Crippen LogP contribution is 2.34. The zero-order valence-electron chi connectivity index (χ0n) is 14.7. The van der Waals surface area contributed by atoms with Gasteiger partial charge in [-0.15, -0.1) is 0 Å². The third kappa shape index (κ3) is 3.77. The number of amides is 2. The SMILES string of the molecule is C[C@@H]1Cc2cc(C(=O)NNC(=O)c3ccccc3F)ccc2N1S(C)(=O)=O. The number of halogens is 1. The molecule has 142 valence electrons. The predicted octanol–water partition coefficient (Wildman–Crippen LogP) is 1.61. The first-order valence-electron chi connectivity index (χ1n) is 8.16. The van der Waals surface area contributed by atoms with E-state index in [1.165, 1.54) is 28.6 Å². The number of nitrogens with one attached hydrogen (secondary N) is 2. The molecule has 27 heavy (non-hydrogen) atoms.